The molecule has 1 aromatic heterocycles. The predicted octanol–water partition coefficient (Wildman–Crippen LogP) is 1.19. The molecule has 94 valence electrons. The van der Waals surface area contributed by atoms with E-state index >= 15 is 0 Å². The quantitative estimate of drug-likeness (QED) is 0.874. The summed E-state index contributed by atoms with van der Waals surface area (Å²) in [4.78, 5) is 11.6. The van der Waals surface area contributed by atoms with Crippen LogP contribution < -0.4 is 10.6 Å². The molecule has 0 unspecified atom stereocenters. The van der Waals surface area contributed by atoms with Gasteiger partial charge >= 0.3 is 6.03 Å². The van der Waals surface area contributed by atoms with Gasteiger partial charge in [0.2, 0.25) is 0 Å². The van der Waals surface area contributed by atoms with Crippen LogP contribution in [0.1, 0.15) is 5.82 Å². The number of tetrazole rings is 1. The van der Waals surface area contributed by atoms with Crippen molar-refractivity contribution in [1.29, 1.82) is 0 Å². The summed E-state index contributed by atoms with van der Waals surface area (Å²) in [6, 6.07) is 6.49. The lowest BCUT2D eigenvalue weighted by molar-refractivity contribution is 0.251. The minimum Gasteiger partial charge on any atom is -0.331 e. The Morgan fingerprint density at radius 1 is 1.39 bits per heavy atom. The van der Waals surface area contributed by atoms with E-state index in [-0.39, 0.29) is 12.6 Å². The largest absolute Gasteiger partial charge is 0.331 e. The van der Waals surface area contributed by atoms with Crippen LogP contribution in [-0.4, -0.2) is 26.2 Å². The van der Waals surface area contributed by atoms with Crippen molar-refractivity contribution >= 4 is 23.3 Å². The second kappa shape index (κ2) is 5.46. The molecule has 8 heteroatoms. The highest BCUT2D eigenvalue weighted by Crippen LogP contribution is 2.12. The van der Waals surface area contributed by atoms with Crippen molar-refractivity contribution in [3.05, 3.63) is 35.1 Å². The summed E-state index contributed by atoms with van der Waals surface area (Å²) in [6.07, 6.45) is 0. The Hall–Kier alpha value is -2.15. The average molecular weight is 267 g/mol. The van der Waals surface area contributed by atoms with Crippen LogP contribution in [0.15, 0.2) is 24.3 Å². The standard InChI is InChI=1S/C10H11ClN6O/c1-17-9(14-15-16-17)6-12-10(18)13-8-4-2-7(11)3-5-8/h2-5H,6H2,1H3,(H2,12,13,18). The van der Waals surface area contributed by atoms with Crippen molar-refractivity contribution in [2.24, 2.45) is 7.05 Å². The van der Waals surface area contributed by atoms with Gasteiger partial charge in [0, 0.05) is 17.8 Å². The third kappa shape index (κ3) is 3.17. The second-order valence-electron chi connectivity index (χ2n) is 3.53. The number of hydrogen-bond acceptors (Lipinski definition) is 4. The van der Waals surface area contributed by atoms with Gasteiger partial charge in [-0.15, -0.1) is 5.10 Å². The molecule has 2 aromatic rings. The molecule has 0 bridgehead atoms. The Kier molecular flexibility index (Phi) is 3.73. The number of carbonyl (C=O) groups is 1. The van der Waals surface area contributed by atoms with Crippen LogP contribution in [-0.2, 0) is 13.6 Å². The van der Waals surface area contributed by atoms with Crippen molar-refractivity contribution in [1.82, 2.24) is 25.5 Å². The molecule has 2 rings (SSSR count). The molecular weight excluding hydrogens is 256 g/mol. The molecule has 0 aliphatic heterocycles. The zero-order chi connectivity index (χ0) is 13.0. The van der Waals surface area contributed by atoms with Gasteiger partial charge in [0.05, 0.1) is 6.54 Å². The first-order chi connectivity index (χ1) is 8.65. The lowest BCUT2D eigenvalue weighted by Gasteiger charge is -2.06. The number of amides is 2. The first-order valence-electron chi connectivity index (χ1n) is 5.17. The monoisotopic (exact) mass is 266 g/mol. The van der Waals surface area contributed by atoms with Crippen molar-refractivity contribution in [2.75, 3.05) is 5.32 Å². The molecule has 1 aromatic carbocycles. The Morgan fingerprint density at radius 3 is 2.72 bits per heavy atom. The van der Waals surface area contributed by atoms with Gasteiger partial charge in [-0.2, -0.15) is 0 Å². The summed E-state index contributed by atoms with van der Waals surface area (Å²) in [5.41, 5.74) is 0.660. The number of urea groups is 1. The van der Waals surface area contributed by atoms with Gasteiger partial charge in [-0.3, -0.25) is 0 Å². The number of anilines is 1. The smallest absolute Gasteiger partial charge is 0.319 e. The van der Waals surface area contributed by atoms with Crippen molar-refractivity contribution < 1.29 is 4.79 Å². The highest BCUT2D eigenvalue weighted by Gasteiger charge is 2.05. The molecule has 0 fully saturated rings. The third-order valence-corrected chi connectivity index (χ3v) is 2.47. The minimum atomic E-state index is -0.333. The number of carbonyl (C=O) groups excluding carboxylic acids is 1. The van der Waals surface area contributed by atoms with Crippen LogP contribution in [0, 0.1) is 0 Å². The highest BCUT2D eigenvalue weighted by molar-refractivity contribution is 6.30. The highest BCUT2D eigenvalue weighted by atomic mass is 35.5. The van der Waals surface area contributed by atoms with Gasteiger partial charge in [0.1, 0.15) is 0 Å². The molecule has 7 nitrogen and oxygen atoms in total. The molecule has 0 aliphatic carbocycles. The maximum atomic E-state index is 11.6. The number of hydrogen-bond donors (Lipinski definition) is 2. The van der Waals surface area contributed by atoms with Crippen LogP contribution in [0.25, 0.3) is 0 Å². The average Bonchev–Trinajstić information content (AvgIpc) is 2.75. The molecule has 2 N–H and O–H groups in total. The van der Waals surface area contributed by atoms with Crippen LogP contribution in [0.4, 0.5) is 10.5 Å². The maximum absolute atomic E-state index is 11.6. The van der Waals surface area contributed by atoms with Gasteiger partial charge in [0.15, 0.2) is 5.82 Å². The molecule has 0 spiro atoms. The van der Waals surface area contributed by atoms with E-state index in [0.717, 1.165) is 0 Å². The molecule has 0 saturated carbocycles. The van der Waals surface area contributed by atoms with Crippen molar-refractivity contribution in [3.8, 4) is 0 Å². The molecule has 18 heavy (non-hydrogen) atoms. The molecule has 0 atom stereocenters. The Labute approximate surface area is 108 Å². The number of aryl methyl sites for hydroxylation is 1. The van der Waals surface area contributed by atoms with Crippen molar-refractivity contribution in [2.45, 2.75) is 6.54 Å². The summed E-state index contributed by atoms with van der Waals surface area (Å²) in [5, 5.41) is 16.8. The number of rotatable bonds is 3. The fourth-order valence-corrected chi connectivity index (χ4v) is 1.39. The number of nitrogens with one attached hydrogen (secondary N) is 2. The lowest BCUT2D eigenvalue weighted by Crippen LogP contribution is -2.29. The third-order valence-electron chi connectivity index (χ3n) is 2.22. The van der Waals surface area contributed by atoms with E-state index in [1.807, 2.05) is 0 Å². The van der Waals surface area contributed by atoms with E-state index in [2.05, 4.69) is 26.2 Å². The van der Waals surface area contributed by atoms with E-state index < -0.39 is 0 Å². The number of benzene rings is 1. The van der Waals surface area contributed by atoms with E-state index in [1.165, 1.54) is 4.68 Å². The summed E-state index contributed by atoms with van der Waals surface area (Å²) >= 11 is 5.74. The van der Waals surface area contributed by atoms with Crippen LogP contribution >= 0.6 is 11.6 Å². The van der Waals surface area contributed by atoms with Crippen LogP contribution in [0.5, 0.6) is 0 Å². The summed E-state index contributed by atoms with van der Waals surface area (Å²) < 4.78 is 1.49. The maximum Gasteiger partial charge on any atom is 0.319 e. The number of aromatic nitrogens is 4. The van der Waals surface area contributed by atoms with E-state index in [9.17, 15) is 4.79 Å². The fourth-order valence-electron chi connectivity index (χ4n) is 1.27. The molecule has 0 saturated heterocycles. The first kappa shape index (κ1) is 12.3. The van der Waals surface area contributed by atoms with Gasteiger partial charge in [-0.25, -0.2) is 9.48 Å². The predicted molar refractivity (Wildman–Crippen MR) is 66.1 cm³/mol. The van der Waals surface area contributed by atoms with Gasteiger partial charge in [0.25, 0.3) is 0 Å². The van der Waals surface area contributed by atoms with E-state index in [1.54, 1.807) is 31.3 Å². The van der Waals surface area contributed by atoms with Crippen LogP contribution in [0.3, 0.4) is 0 Å². The zero-order valence-electron chi connectivity index (χ0n) is 9.59. The van der Waals surface area contributed by atoms with Crippen LogP contribution in [0.2, 0.25) is 5.02 Å². The topological polar surface area (TPSA) is 84.7 Å². The molecule has 1 heterocycles. The van der Waals surface area contributed by atoms with Crippen molar-refractivity contribution in [3.63, 3.8) is 0 Å². The van der Waals surface area contributed by atoms with E-state index in [0.29, 0.717) is 16.5 Å². The Balaban J connectivity index is 1.86. The summed E-state index contributed by atoms with van der Waals surface area (Å²) in [7, 11) is 1.70. The molecular formula is C10H11ClN6O. The SMILES string of the molecule is Cn1nnnc1CNC(=O)Nc1ccc(Cl)cc1. The second-order valence-corrected chi connectivity index (χ2v) is 3.97. The lowest BCUT2D eigenvalue weighted by atomic mass is 10.3. The summed E-state index contributed by atoms with van der Waals surface area (Å²) in [6.45, 7) is 0.253. The van der Waals surface area contributed by atoms with Gasteiger partial charge < -0.3 is 10.6 Å². The molecule has 2 amide bonds. The normalized spacial score (nSPS) is 10.1. The van der Waals surface area contributed by atoms with Gasteiger partial charge in [-0.05, 0) is 34.7 Å². The zero-order valence-corrected chi connectivity index (χ0v) is 10.3. The first-order valence-corrected chi connectivity index (χ1v) is 5.54. The summed E-state index contributed by atoms with van der Waals surface area (Å²) in [5.74, 6) is 0.571. The fraction of sp³-hybridized carbons (Fsp3) is 0.200. The number of halogens is 1. The minimum absolute atomic E-state index is 0.253. The molecule has 0 radical (unpaired) electrons. The van der Waals surface area contributed by atoms with Gasteiger partial charge in [-0.1, -0.05) is 11.6 Å². The Morgan fingerprint density at radius 2 is 2.11 bits per heavy atom. The molecule has 0 aliphatic rings. The number of nitrogens with zero attached hydrogens (tertiary/aromatic N) is 4. The van der Waals surface area contributed by atoms with E-state index in [4.69, 9.17) is 11.6 Å². The Bertz CT molecular complexity index is 538.